The average molecular weight is 277 g/mol. The molecule has 2 fully saturated rings. The molecule has 0 spiro atoms. The summed E-state index contributed by atoms with van der Waals surface area (Å²) in [6, 6.07) is 0.804. The molecule has 2 aliphatic rings. The van der Waals surface area contributed by atoms with Gasteiger partial charge in [-0.05, 0) is 44.6 Å². The number of ether oxygens (including phenoxy) is 1. The first-order chi connectivity index (χ1) is 9.83. The summed E-state index contributed by atoms with van der Waals surface area (Å²) in [6.07, 6.45) is 9.71. The molecule has 2 atom stereocenters. The van der Waals surface area contributed by atoms with Crippen molar-refractivity contribution in [2.45, 2.75) is 64.0 Å². The molecule has 1 aromatic heterocycles. The molecular formula is C16H27N3O. The van der Waals surface area contributed by atoms with E-state index in [1.54, 1.807) is 7.11 Å². The molecule has 1 N–H and O–H groups in total. The van der Waals surface area contributed by atoms with Gasteiger partial charge in [-0.15, -0.1) is 0 Å². The molecule has 0 amide bonds. The van der Waals surface area contributed by atoms with E-state index in [-0.39, 0.29) is 0 Å². The maximum Gasteiger partial charge on any atom is 0.160 e. The summed E-state index contributed by atoms with van der Waals surface area (Å²) in [5.41, 5.74) is 1.34. The second-order valence-corrected chi connectivity index (χ2v) is 6.30. The van der Waals surface area contributed by atoms with E-state index in [1.807, 2.05) is 6.20 Å². The molecule has 4 nitrogen and oxygen atoms in total. The van der Waals surface area contributed by atoms with Gasteiger partial charge in [0.1, 0.15) is 0 Å². The first-order valence-corrected chi connectivity index (χ1v) is 8.16. The van der Waals surface area contributed by atoms with Crippen molar-refractivity contribution in [3.8, 4) is 5.75 Å². The van der Waals surface area contributed by atoms with Crippen molar-refractivity contribution in [2.24, 2.45) is 5.92 Å². The number of methoxy groups -OCH3 is 1. The highest BCUT2D eigenvalue weighted by atomic mass is 16.5. The molecule has 1 aromatic rings. The van der Waals surface area contributed by atoms with E-state index in [9.17, 15) is 0 Å². The lowest BCUT2D eigenvalue weighted by atomic mass is 9.92. The first kappa shape index (κ1) is 13.9. The van der Waals surface area contributed by atoms with Crippen LogP contribution in [0.25, 0.3) is 0 Å². The molecule has 2 saturated carbocycles. The highest BCUT2D eigenvalue weighted by molar-refractivity contribution is 5.30. The second-order valence-electron chi connectivity index (χ2n) is 6.30. The van der Waals surface area contributed by atoms with E-state index < -0.39 is 0 Å². The number of hydrogen-bond acceptors (Lipinski definition) is 3. The Labute approximate surface area is 121 Å². The average Bonchev–Trinajstić information content (AvgIpc) is 3.03. The Bertz CT molecular complexity index is 439. The molecule has 2 aliphatic carbocycles. The van der Waals surface area contributed by atoms with Crippen LogP contribution in [0.5, 0.6) is 5.75 Å². The van der Waals surface area contributed by atoms with Crippen molar-refractivity contribution in [1.29, 1.82) is 0 Å². The predicted molar refractivity (Wildman–Crippen MR) is 80.2 cm³/mol. The largest absolute Gasteiger partial charge is 0.493 e. The predicted octanol–water partition coefficient (Wildman–Crippen LogP) is 2.94. The smallest absolute Gasteiger partial charge is 0.160 e. The zero-order chi connectivity index (χ0) is 13.9. The fourth-order valence-corrected chi connectivity index (χ4v) is 3.55. The summed E-state index contributed by atoms with van der Waals surface area (Å²) >= 11 is 0. The van der Waals surface area contributed by atoms with Crippen molar-refractivity contribution >= 4 is 0 Å². The Morgan fingerprint density at radius 1 is 1.35 bits per heavy atom. The Balaban J connectivity index is 1.76. The molecule has 4 heteroatoms. The van der Waals surface area contributed by atoms with Gasteiger partial charge < -0.3 is 10.1 Å². The number of hydrogen-bond donors (Lipinski definition) is 1. The zero-order valence-corrected chi connectivity index (χ0v) is 12.8. The van der Waals surface area contributed by atoms with Crippen LogP contribution in [0, 0.1) is 5.92 Å². The standard InChI is InChI=1S/C16H27N3O/c1-3-9-19-16(15(20-2)11-18-19)14-6-4-5-12(14)10-17-13-7-8-13/h11-14,17H,3-10H2,1-2H3. The normalized spacial score (nSPS) is 26.1. The summed E-state index contributed by atoms with van der Waals surface area (Å²) < 4.78 is 7.75. The fraction of sp³-hybridized carbons (Fsp3) is 0.812. The molecule has 0 aromatic carbocycles. The number of nitrogens with one attached hydrogen (secondary N) is 1. The van der Waals surface area contributed by atoms with Gasteiger partial charge in [-0.3, -0.25) is 4.68 Å². The van der Waals surface area contributed by atoms with E-state index in [4.69, 9.17) is 4.74 Å². The van der Waals surface area contributed by atoms with Gasteiger partial charge in [0, 0.05) is 18.5 Å². The molecule has 20 heavy (non-hydrogen) atoms. The molecule has 0 aliphatic heterocycles. The van der Waals surface area contributed by atoms with Crippen molar-refractivity contribution in [1.82, 2.24) is 15.1 Å². The lowest BCUT2D eigenvalue weighted by Crippen LogP contribution is -2.27. The molecule has 0 saturated heterocycles. The van der Waals surface area contributed by atoms with Crippen molar-refractivity contribution in [3.05, 3.63) is 11.9 Å². The lowest BCUT2D eigenvalue weighted by Gasteiger charge is -2.22. The molecule has 1 heterocycles. The van der Waals surface area contributed by atoms with Crippen LogP contribution in [0.1, 0.15) is 57.1 Å². The maximum absolute atomic E-state index is 5.57. The minimum atomic E-state index is 0.616. The molecule has 0 radical (unpaired) electrons. The Morgan fingerprint density at radius 2 is 2.20 bits per heavy atom. The minimum absolute atomic E-state index is 0.616. The Morgan fingerprint density at radius 3 is 2.90 bits per heavy atom. The summed E-state index contributed by atoms with van der Waals surface area (Å²) in [6.45, 7) is 4.37. The zero-order valence-electron chi connectivity index (χ0n) is 12.8. The van der Waals surface area contributed by atoms with Crippen molar-refractivity contribution < 1.29 is 4.74 Å². The second kappa shape index (κ2) is 6.17. The molecular weight excluding hydrogens is 250 g/mol. The first-order valence-electron chi connectivity index (χ1n) is 8.16. The van der Waals surface area contributed by atoms with Crippen LogP contribution in [0.4, 0.5) is 0 Å². The van der Waals surface area contributed by atoms with Crippen LogP contribution in [0.2, 0.25) is 0 Å². The quantitative estimate of drug-likeness (QED) is 0.833. The van der Waals surface area contributed by atoms with Gasteiger partial charge in [-0.25, -0.2) is 0 Å². The van der Waals surface area contributed by atoms with Gasteiger partial charge in [0.05, 0.1) is 19.0 Å². The van der Waals surface area contributed by atoms with E-state index in [0.29, 0.717) is 5.92 Å². The Kier molecular flexibility index (Phi) is 4.29. The van der Waals surface area contributed by atoms with Crippen LogP contribution in [0.15, 0.2) is 6.20 Å². The third-order valence-electron chi connectivity index (χ3n) is 4.76. The third kappa shape index (κ3) is 2.85. The van der Waals surface area contributed by atoms with E-state index >= 15 is 0 Å². The van der Waals surface area contributed by atoms with Gasteiger partial charge >= 0.3 is 0 Å². The van der Waals surface area contributed by atoms with E-state index in [0.717, 1.165) is 37.2 Å². The van der Waals surface area contributed by atoms with E-state index in [1.165, 1.54) is 37.8 Å². The summed E-state index contributed by atoms with van der Waals surface area (Å²) in [5.74, 6) is 2.35. The molecule has 112 valence electrons. The number of aryl methyl sites for hydroxylation is 1. The highest BCUT2D eigenvalue weighted by Gasteiger charge is 2.34. The fourth-order valence-electron chi connectivity index (χ4n) is 3.55. The Hall–Kier alpha value is -1.03. The SMILES string of the molecule is CCCn1ncc(OC)c1C1CCCC1CNC1CC1. The van der Waals surface area contributed by atoms with Crippen LogP contribution in [-0.4, -0.2) is 29.5 Å². The topological polar surface area (TPSA) is 39.1 Å². The van der Waals surface area contributed by atoms with Crippen LogP contribution >= 0.6 is 0 Å². The summed E-state index contributed by atoms with van der Waals surface area (Å²) in [5, 5.41) is 8.24. The summed E-state index contributed by atoms with van der Waals surface area (Å²) in [4.78, 5) is 0. The van der Waals surface area contributed by atoms with Crippen LogP contribution in [-0.2, 0) is 6.54 Å². The third-order valence-corrected chi connectivity index (χ3v) is 4.76. The number of nitrogens with zero attached hydrogens (tertiary/aromatic N) is 2. The van der Waals surface area contributed by atoms with Gasteiger partial charge in [0.2, 0.25) is 0 Å². The van der Waals surface area contributed by atoms with Gasteiger partial charge in [-0.1, -0.05) is 13.3 Å². The maximum atomic E-state index is 5.57. The van der Waals surface area contributed by atoms with Gasteiger partial charge in [0.15, 0.2) is 5.75 Å². The molecule has 2 unspecified atom stereocenters. The van der Waals surface area contributed by atoms with Gasteiger partial charge in [-0.2, -0.15) is 5.10 Å². The number of rotatable bonds is 7. The molecule has 0 bridgehead atoms. The van der Waals surface area contributed by atoms with E-state index in [2.05, 4.69) is 22.0 Å². The van der Waals surface area contributed by atoms with Crippen molar-refractivity contribution in [3.63, 3.8) is 0 Å². The number of aromatic nitrogens is 2. The van der Waals surface area contributed by atoms with Crippen LogP contribution < -0.4 is 10.1 Å². The molecule has 3 rings (SSSR count). The highest BCUT2D eigenvalue weighted by Crippen LogP contribution is 2.43. The van der Waals surface area contributed by atoms with Crippen molar-refractivity contribution in [2.75, 3.05) is 13.7 Å². The summed E-state index contributed by atoms with van der Waals surface area (Å²) in [7, 11) is 1.77. The van der Waals surface area contributed by atoms with Crippen LogP contribution in [0.3, 0.4) is 0 Å². The van der Waals surface area contributed by atoms with Gasteiger partial charge in [0.25, 0.3) is 0 Å². The minimum Gasteiger partial charge on any atom is -0.493 e. The monoisotopic (exact) mass is 277 g/mol. The lowest BCUT2D eigenvalue weighted by molar-refractivity contribution is 0.376.